The highest BCUT2D eigenvalue weighted by Crippen LogP contribution is 2.32. The molecule has 0 radical (unpaired) electrons. The van der Waals surface area contributed by atoms with Gasteiger partial charge in [-0.05, 0) is 112 Å². The van der Waals surface area contributed by atoms with E-state index in [1.165, 1.54) is 94.0 Å². The molecule has 2 aromatic rings. The fraction of sp³-hybridized carbons (Fsp3) is 0.750. The van der Waals surface area contributed by atoms with Crippen LogP contribution in [0.15, 0.2) is 18.5 Å². The Balaban J connectivity index is 0.00000125. The molecule has 0 aromatic carbocycles. The highest BCUT2D eigenvalue weighted by atomic mass is 35.5. The Morgan fingerprint density at radius 3 is 1.57 bits per heavy atom. The number of likely N-dealkylation sites (N-methyl/N-ethyl adjacent to an activating group) is 7. The van der Waals surface area contributed by atoms with E-state index >= 15 is 9.59 Å². The number of hydrogen-bond acceptors (Lipinski definition) is 19. The molecule has 4 heterocycles. The summed E-state index contributed by atoms with van der Waals surface area (Å²) in [7, 11) is 9.92. The molecular weight excluding hydrogens is 1360 g/mol. The minimum absolute atomic E-state index is 0.0176. The van der Waals surface area contributed by atoms with Crippen molar-refractivity contribution in [3.63, 3.8) is 0 Å². The Morgan fingerprint density at radius 2 is 1.08 bits per heavy atom. The van der Waals surface area contributed by atoms with Crippen molar-refractivity contribution in [3.8, 4) is 0 Å². The second-order valence-corrected chi connectivity index (χ2v) is 30.7. The number of imidazole rings is 1. The van der Waals surface area contributed by atoms with Gasteiger partial charge < -0.3 is 81.4 Å². The maximum absolute atomic E-state index is 15.1. The number of halogens is 1. The number of nitrogens with zero attached hydrogens (tertiary/aromatic N) is 11. The van der Waals surface area contributed by atoms with Crippen LogP contribution >= 0.6 is 11.6 Å². The smallest absolute Gasteiger partial charge is 0.246 e. The van der Waals surface area contributed by atoms with Gasteiger partial charge in [0.2, 0.25) is 70.3 Å². The van der Waals surface area contributed by atoms with E-state index in [0.717, 1.165) is 9.80 Å². The van der Waals surface area contributed by atoms with Crippen LogP contribution in [0.1, 0.15) is 169 Å². The maximum atomic E-state index is 15.1. The number of amides is 11. The van der Waals surface area contributed by atoms with Crippen LogP contribution in [-0.2, 0) is 57.5 Å². The van der Waals surface area contributed by atoms with E-state index in [0.29, 0.717) is 24.0 Å². The van der Waals surface area contributed by atoms with Crippen LogP contribution < -0.4 is 27.0 Å². The van der Waals surface area contributed by atoms with Crippen molar-refractivity contribution in [1.29, 1.82) is 0 Å². The predicted octanol–water partition coefficient (Wildman–Crippen LogP) is 2.97. The standard InChI is InChI=1S/C62H111N11O12.C10H12ClN5O3/c1-25-27-28-40(15)52(75)51-56(79)65-43(26-2)58(81)67(18)33-48(74)68(19)44(29-34(3)4)55(78)66-49(38(11)12)61(84)69(20)45(30-35(5)6)54(77)63-41(16)53(76)64-42(17)57(80)70(21)46(31-36(7)8)59(82)71(22)47(32-37(9)10)60(83)72(23)50(39(13)14)62(85)73(51)24;11-10-14-8(12)7-9(15-10)16(3-13-7)6-1-4(18)5(2-17)19-6/h25,27,34-47,49-52,75H,26,28-33H2,1-24H3,(H,63,77)(H,64,76)(H,65,79)(H,66,78);3-6,17-18H,1-2H2,(H2,12,14,15)/b27-25+;/t40-,41+,42-,43+,44+,45+,46+,47+,49+,50+,51+,52-;4-,5+,6+/m10/s1. The molecule has 2 saturated heterocycles. The number of nitrogens with one attached hydrogen (secondary N) is 4. The average Bonchev–Trinajstić information content (AvgIpc) is 1.63. The number of carbonyl (C=O) groups is 11. The molecule has 0 spiro atoms. The number of nitrogens with two attached hydrogens (primary N) is 1. The maximum Gasteiger partial charge on any atom is 0.246 e. The summed E-state index contributed by atoms with van der Waals surface area (Å²) >= 11 is 5.77. The number of allylic oxidation sites excluding steroid dienone is 2. The number of aliphatic hydroxyl groups excluding tert-OH is 3. The van der Waals surface area contributed by atoms with Gasteiger partial charge in [-0.2, -0.15) is 9.97 Å². The quantitative estimate of drug-likeness (QED) is 0.0833. The zero-order valence-electron chi connectivity index (χ0n) is 65.8. The third-order valence-corrected chi connectivity index (χ3v) is 19.4. The van der Waals surface area contributed by atoms with E-state index in [1.807, 2.05) is 61.5 Å². The van der Waals surface area contributed by atoms with E-state index in [-0.39, 0.29) is 73.5 Å². The zero-order valence-corrected chi connectivity index (χ0v) is 66.6. The Bertz CT molecular complexity index is 3290. The number of aliphatic hydroxyl groups is 3. The largest absolute Gasteiger partial charge is 0.394 e. The number of nitrogen functional groups attached to an aromatic ring is 1. The van der Waals surface area contributed by atoms with Crippen LogP contribution in [-0.4, -0.2) is 275 Å². The summed E-state index contributed by atoms with van der Waals surface area (Å²) < 4.78 is 7.16. The van der Waals surface area contributed by atoms with Crippen molar-refractivity contribution in [2.24, 2.45) is 41.4 Å². The molecule has 31 nitrogen and oxygen atoms in total. The van der Waals surface area contributed by atoms with Gasteiger partial charge in [0.15, 0.2) is 11.5 Å². The number of aromatic nitrogens is 4. The first kappa shape index (κ1) is 90.6. The fourth-order valence-electron chi connectivity index (χ4n) is 12.9. The molecule has 0 saturated carbocycles. The van der Waals surface area contributed by atoms with E-state index in [2.05, 4.69) is 36.2 Å². The molecule has 0 unspecified atom stereocenters. The van der Waals surface area contributed by atoms with Crippen molar-refractivity contribution in [2.45, 2.75) is 248 Å². The lowest BCUT2D eigenvalue weighted by atomic mass is 9.91. The van der Waals surface area contributed by atoms with Crippen molar-refractivity contribution in [3.05, 3.63) is 23.8 Å². The number of fused-ring (bicyclic) bond motifs is 1. The van der Waals surface area contributed by atoms with Crippen molar-refractivity contribution < 1.29 is 72.8 Å². The molecule has 0 bridgehead atoms. The second-order valence-electron chi connectivity index (χ2n) is 30.4. The lowest BCUT2D eigenvalue weighted by Gasteiger charge is -2.41. The molecule has 32 heteroatoms. The monoisotopic (exact) mass is 1490 g/mol. The average molecular weight is 1490 g/mol. The van der Waals surface area contributed by atoms with Gasteiger partial charge in [-0.3, -0.25) is 57.3 Å². The van der Waals surface area contributed by atoms with Crippen LogP contribution in [0.3, 0.4) is 0 Å². The highest BCUT2D eigenvalue weighted by molar-refractivity contribution is 6.28. The van der Waals surface area contributed by atoms with Crippen molar-refractivity contribution in [2.75, 3.05) is 68.2 Å². The number of hydrogen-bond donors (Lipinski definition) is 8. The molecule has 11 amide bonds. The molecule has 104 heavy (non-hydrogen) atoms. The molecule has 2 aliphatic heterocycles. The van der Waals surface area contributed by atoms with Crippen LogP contribution in [0.2, 0.25) is 5.28 Å². The summed E-state index contributed by atoms with van der Waals surface area (Å²) in [6, 6.07) is -12.3. The molecule has 2 fully saturated rings. The predicted molar refractivity (Wildman–Crippen MR) is 395 cm³/mol. The van der Waals surface area contributed by atoms with Crippen molar-refractivity contribution in [1.82, 2.24) is 75.1 Å². The van der Waals surface area contributed by atoms with Crippen LogP contribution in [0.4, 0.5) is 5.82 Å². The minimum Gasteiger partial charge on any atom is -0.394 e. The van der Waals surface area contributed by atoms with Crippen LogP contribution in [0, 0.1) is 41.4 Å². The van der Waals surface area contributed by atoms with Crippen LogP contribution in [0.5, 0.6) is 0 Å². The van der Waals surface area contributed by atoms with Gasteiger partial charge in [0.1, 0.15) is 78.3 Å². The normalized spacial score (nSPS) is 27.0. The number of ether oxygens (including phenoxy) is 1. The Labute approximate surface area is 619 Å². The fourth-order valence-corrected chi connectivity index (χ4v) is 13.0. The van der Waals surface area contributed by atoms with Gasteiger partial charge in [-0.1, -0.05) is 109 Å². The van der Waals surface area contributed by atoms with Gasteiger partial charge >= 0.3 is 0 Å². The summed E-state index contributed by atoms with van der Waals surface area (Å²) in [5, 5.41) is 41.9. The lowest BCUT2D eigenvalue weighted by Crippen LogP contribution is -2.63. The Morgan fingerprint density at radius 1 is 0.596 bits per heavy atom. The lowest BCUT2D eigenvalue weighted by molar-refractivity contribution is -0.157. The number of carbonyl (C=O) groups excluding carboxylic acids is 11. The third-order valence-electron chi connectivity index (χ3n) is 19.2. The van der Waals surface area contributed by atoms with Gasteiger partial charge in [0.05, 0.1) is 31.7 Å². The summed E-state index contributed by atoms with van der Waals surface area (Å²) in [6.07, 6.45) is 3.06. The first-order valence-corrected chi connectivity index (χ1v) is 36.6. The summed E-state index contributed by atoms with van der Waals surface area (Å²) in [5.74, 6) is -9.52. The van der Waals surface area contributed by atoms with Gasteiger partial charge in [0.25, 0.3) is 0 Å². The molecule has 4 rings (SSSR count). The minimum atomic E-state index is -1.61. The third kappa shape index (κ3) is 24.0. The van der Waals surface area contributed by atoms with E-state index in [4.69, 9.17) is 27.2 Å². The van der Waals surface area contributed by atoms with Crippen LogP contribution in [0.25, 0.3) is 11.2 Å². The van der Waals surface area contributed by atoms with Gasteiger partial charge in [-0.25, -0.2) is 4.98 Å². The summed E-state index contributed by atoms with van der Waals surface area (Å²) in [5.41, 5.74) is 6.57. The molecule has 588 valence electrons. The van der Waals surface area contributed by atoms with Gasteiger partial charge in [-0.15, -0.1) is 0 Å². The zero-order chi connectivity index (χ0) is 79.5. The molecule has 2 aliphatic rings. The molecule has 9 N–H and O–H groups in total. The highest BCUT2D eigenvalue weighted by Gasteiger charge is 2.46. The Kier molecular flexibility index (Phi) is 35.5. The second kappa shape index (κ2) is 40.8. The molecule has 0 aliphatic carbocycles. The summed E-state index contributed by atoms with van der Waals surface area (Å²) in [6.45, 7) is 29.1. The molecular formula is C72H123ClN16O15. The Hall–Kier alpha value is -7.61. The number of anilines is 1. The first-order chi connectivity index (χ1) is 48.3. The first-order valence-electron chi connectivity index (χ1n) is 36.3. The van der Waals surface area contributed by atoms with Crippen molar-refractivity contribution >= 4 is 93.6 Å². The van der Waals surface area contributed by atoms with E-state index in [1.54, 1.807) is 59.1 Å². The number of rotatable bonds is 17. The van der Waals surface area contributed by atoms with E-state index < -0.39 is 174 Å². The SMILES string of the molecule is C/C=C/C[C@@H](C)[C@@H](O)[C@H]1C(=O)N[C@@H](CC)C(=O)N(C)CC(=O)N(C)[C@@H](CC(C)C)C(=O)N[C@@H](C(C)C)C(=O)N(C)[C@@H](CC(C)C)C(=O)N[C@@H](C)C(=O)N[C@H](C)C(=O)N(C)[C@@H](CC(C)C)C(=O)N(C)[C@@H](CC(C)C)C(=O)N(C)[C@@H](C(C)C)C(=O)N1C.Nc1nc(Cl)nc2c1ncn2[C@H]1C[C@H](O)[C@@H](CO)O1. The molecule has 2 aromatic heterocycles. The van der Waals surface area contributed by atoms with Gasteiger partial charge in [0, 0.05) is 55.8 Å². The van der Waals surface area contributed by atoms with E-state index in [9.17, 15) is 53.4 Å². The summed E-state index contributed by atoms with van der Waals surface area (Å²) in [4.78, 5) is 181. The topological polar surface area (TPSA) is 398 Å². The molecule has 15 atom stereocenters.